The van der Waals surface area contributed by atoms with Crippen LogP contribution in [0, 0.1) is 8.34 Å². The van der Waals surface area contributed by atoms with Gasteiger partial charge in [0, 0.05) is 34.8 Å². The van der Waals surface area contributed by atoms with Crippen molar-refractivity contribution >= 4 is 45.8 Å². The lowest BCUT2D eigenvalue weighted by Gasteiger charge is -2.26. The second kappa shape index (κ2) is 5.85. The molecule has 0 bridgehead atoms. The lowest BCUT2D eigenvalue weighted by Crippen LogP contribution is -2.34. The van der Waals surface area contributed by atoms with Crippen molar-refractivity contribution in [2.45, 2.75) is 39.9 Å². The molecule has 1 aliphatic rings. The Labute approximate surface area is 144 Å². The maximum atomic E-state index is 5.52. The van der Waals surface area contributed by atoms with Crippen LogP contribution in [0.5, 0.6) is 0 Å². The number of hydrogen-bond donors (Lipinski definition) is 1. The standard InChI is InChI=1S/C16H20IN3S/c1-10(2)6-7-19-9-12-13(17)4-5-14-15(12)20(8-11(19)3)16(21)18-14/h4-6,11H,7-9H2,1-3H3,(H,18,21). The van der Waals surface area contributed by atoms with E-state index in [1.54, 1.807) is 0 Å². The van der Waals surface area contributed by atoms with Crippen LogP contribution >= 0.6 is 34.8 Å². The molecule has 0 radical (unpaired) electrons. The summed E-state index contributed by atoms with van der Waals surface area (Å²) in [4.78, 5) is 5.88. The first-order chi connectivity index (χ1) is 9.97. The number of imidazole rings is 1. The Hall–Kier alpha value is -0.660. The van der Waals surface area contributed by atoms with Gasteiger partial charge >= 0.3 is 0 Å². The van der Waals surface area contributed by atoms with Crippen molar-refractivity contribution in [3.8, 4) is 0 Å². The van der Waals surface area contributed by atoms with E-state index < -0.39 is 0 Å². The molecule has 2 heterocycles. The van der Waals surface area contributed by atoms with Gasteiger partial charge in [-0.3, -0.25) is 4.90 Å². The van der Waals surface area contributed by atoms with Crippen molar-refractivity contribution in [1.29, 1.82) is 0 Å². The van der Waals surface area contributed by atoms with Gasteiger partial charge in [0.05, 0.1) is 11.0 Å². The van der Waals surface area contributed by atoms with Crippen LogP contribution in [-0.4, -0.2) is 27.0 Å². The molecule has 21 heavy (non-hydrogen) atoms. The van der Waals surface area contributed by atoms with Gasteiger partial charge in [-0.2, -0.15) is 0 Å². The predicted molar refractivity (Wildman–Crippen MR) is 99.1 cm³/mol. The summed E-state index contributed by atoms with van der Waals surface area (Å²) >= 11 is 7.96. The fourth-order valence-corrected chi connectivity index (χ4v) is 3.79. The van der Waals surface area contributed by atoms with Crippen LogP contribution < -0.4 is 0 Å². The van der Waals surface area contributed by atoms with Gasteiger partial charge in [0.2, 0.25) is 0 Å². The van der Waals surface area contributed by atoms with Crippen molar-refractivity contribution in [2.24, 2.45) is 0 Å². The molecule has 1 aromatic carbocycles. The first-order valence-electron chi connectivity index (χ1n) is 7.24. The molecule has 2 aromatic rings. The highest BCUT2D eigenvalue weighted by Gasteiger charge is 2.23. The molecule has 1 aliphatic heterocycles. The number of aromatic nitrogens is 2. The zero-order valence-corrected chi connectivity index (χ0v) is 15.6. The van der Waals surface area contributed by atoms with Gasteiger partial charge in [-0.1, -0.05) is 11.6 Å². The summed E-state index contributed by atoms with van der Waals surface area (Å²) in [5.41, 5.74) is 5.22. The fraction of sp³-hybridized carbons (Fsp3) is 0.438. The summed E-state index contributed by atoms with van der Waals surface area (Å²) in [6.45, 7) is 9.53. The number of nitrogens with zero attached hydrogens (tertiary/aromatic N) is 2. The molecule has 0 saturated heterocycles. The number of allylic oxidation sites excluding steroid dienone is 1. The second-order valence-corrected chi connectivity index (χ2v) is 7.57. The van der Waals surface area contributed by atoms with E-state index >= 15 is 0 Å². The van der Waals surface area contributed by atoms with Crippen molar-refractivity contribution in [3.05, 3.63) is 37.7 Å². The van der Waals surface area contributed by atoms with Crippen LogP contribution in [0.4, 0.5) is 0 Å². The van der Waals surface area contributed by atoms with Gasteiger partial charge in [-0.15, -0.1) is 0 Å². The molecule has 0 aliphatic carbocycles. The Kier molecular flexibility index (Phi) is 4.25. The number of aromatic amines is 1. The highest BCUT2D eigenvalue weighted by molar-refractivity contribution is 14.1. The summed E-state index contributed by atoms with van der Waals surface area (Å²) in [7, 11) is 0. The molecule has 1 aromatic heterocycles. The van der Waals surface area contributed by atoms with Gasteiger partial charge in [0.25, 0.3) is 0 Å². The fourth-order valence-electron chi connectivity index (χ4n) is 2.91. The van der Waals surface area contributed by atoms with Crippen LogP contribution in [-0.2, 0) is 13.1 Å². The van der Waals surface area contributed by atoms with Gasteiger partial charge in [0.1, 0.15) is 0 Å². The maximum Gasteiger partial charge on any atom is 0.178 e. The summed E-state index contributed by atoms with van der Waals surface area (Å²) in [5.74, 6) is 0. The Morgan fingerprint density at radius 1 is 1.48 bits per heavy atom. The minimum Gasteiger partial charge on any atom is -0.331 e. The highest BCUT2D eigenvalue weighted by atomic mass is 127. The van der Waals surface area contributed by atoms with E-state index in [9.17, 15) is 0 Å². The SMILES string of the molecule is CC(C)=CCN1Cc2c(I)ccc3[nH]c(=S)n(c23)CC1C. The van der Waals surface area contributed by atoms with Crippen LogP contribution in [0.2, 0.25) is 0 Å². The minimum atomic E-state index is 0.467. The first-order valence-corrected chi connectivity index (χ1v) is 8.73. The molecule has 1 unspecified atom stereocenters. The molecule has 1 N–H and O–H groups in total. The Morgan fingerprint density at radius 3 is 2.95 bits per heavy atom. The second-order valence-electron chi connectivity index (χ2n) is 6.02. The molecule has 3 nitrogen and oxygen atoms in total. The number of benzene rings is 1. The molecule has 3 rings (SSSR count). The third-order valence-corrected chi connectivity index (χ3v) is 5.48. The predicted octanol–water partition coefficient (Wildman–Crippen LogP) is 4.47. The van der Waals surface area contributed by atoms with Crippen LogP contribution in [0.1, 0.15) is 26.3 Å². The topological polar surface area (TPSA) is 24.0 Å². The average molecular weight is 413 g/mol. The summed E-state index contributed by atoms with van der Waals surface area (Å²) in [6.07, 6.45) is 2.31. The van der Waals surface area contributed by atoms with E-state index in [1.165, 1.54) is 20.2 Å². The third-order valence-electron chi connectivity index (χ3n) is 4.15. The van der Waals surface area contributed by atoms with Gasteiger partial charge in [0.15, 0.2) is 4.77 Å². The van der Waals surface area contributed by atoms with E-state index in [1.807, 2.05) is 0 Å². The Balaban J connectivity index is 2.12. The normalized spacial score (nSPS) is 18.8. The molecular weight excluding hydrogens is 393 g/mol. The van der Waals surface area contributed by atoms with Crippen molar-refractivity contribution in [3.63, 3.8) is 0 Å². The van der Waals surface area contributed by atoms with Crippen molar-refractivity contribution < 1.29 is 0 Å². The quantitative estimate of drug-likeness (QED) is 0.446. The molecule has 5 heteroatoms. The van der Waals surface area contributed by atoms with Crippen molar-refractivity contribution in [1.82, 2.24) is 14.5 Å². The number of nitrogens with one attached hydrogen (secondary N) is 1. The smallest absolute Gasteiger partial charge is 0.178 e. The monoisotopic (exact) mass is 413 g/mol. The molecular formula is C16H20IN3S. The van der Waals surface area contributed by atoms with E-state index in [4.69, 9.17) is 12.2 Å². The number of rotatable bonds is 2. The summed E-state index contributed by atoms with van der Waals surface area (Å²) < 4.78 is 4.43. The zero-order chi connectivity index (χ0) is 15.1. The van der Waals surface area contributed by atoms with Crippen LogP contribution in [0.15, 0.2) is 23.8 Å². The number of halogens is 1. The Bertz CT molecular complexity index is 768. The van der Waals surface area contributed by atoms with Crippen LogP contribution in [0.25, 0.3) is 11.0 Å². The van der Waals surface area contributed by atoms with Crippen LogP contribution in [0.3, 0.4) is 0 Å². The van der Waals surface area contributed by atoms with Gasteiger partial charge in [-0.05, 0) is 67.7 Å². The third kappa shape index (κ3) is 2.83. The van der Waals surface area contributed by atoms with Gasteiger partial charge in [-0.25, -0.2) is 0 Å². The molecule has 1 atom stereocenters. The lowest BCUT2D eigenvalue weighted by atomic mass is 10.1. The zero-order valence-electron chi connectivity index (χ0n) is 12.6. The molecule has 112 valence electrons. The number of H-pyrrole nitrogens is 1. The molecule has 0 amide bonds. The molecule has 0 saturated carbocycles. The molecule has 0 fully saturated rings. The van der Waals surface area contributed by atoms with Crippen molar-refractivity contribution in [2.75, 3.05) is 6.54 Å². The van der Waals surface area contributed by atoms with E-state index in [-0.39, 0.29) is 0 Å². The van der Waals surface area contributed by atoms with E-state index in [0.717, 1.165) is 29.9 Å². The molecule has 0 spiro atoms. The first kappa shape index (κ1) is 15.2. The van der Waals surface area contributed by atoms with E-state index in [2.05, 4.69) is 76.0 Å². The average Bonchev–Trinajstić information content (AvgIpc) is 2.64. The highest BCUT2D eigenvalue weighted by Crippen LogP contribution is 2.29. The summed E-state index contributed by atoms with van der Waals surface area (Å²) in [6, 6.07) is 4.79. The largest absolute Gasteiger partial charge is 0.331 e. The summed E-state index contributed by atoms with van der Waals surface area (Å²) in [5, 5.41) is 0. The minimum absolute atomic E-state index is 0.467. The maximum absolute atomic E-state index is 5.52. The Morgan fingerprint density at radius 2 is 2.24 bits per heavy atom. The number of hydrogen-bond acceptors (Lipinski definition) is 2. The van der Waals surface area contributed by atoms with Gasteiger partial charge < -0.3 is 9.55 Å². The lowest BCUT2D eigenvalue weighted by molar-refractivity contribution is 0.210. The van der Waals surface area contributed by atoms with E-state index in [0.29, 0.717) is 6.04 Å².